The fourth-order valence-electron chi connectivity index (χ4n) is 2.91. The molecule has 0 fully saturated rings. The van der Waals surface area contributed by atoms with Crippen molar-refractivity contribution in [3.05, 3.63) is 83.4 Å². The third kappa shape index (κ3) is 4.44. The van der Waals surface area contributed by atoms with E-state index in [1.54, 1.807) is 6.92 Å². The summed E-state index contributed by atoms with van der Waals surface area (Å²) in [5, 5.41) is 4.83. The fourth-order valence-corrected chi connectivity index (χ4v) is 2.91. The number of hydrogen-bond acceptors (Lipinski definition) is 1. The molecule has 3 aromatic carbocycles. The van der Waals surface area contributed by atoms with Gasteiger partial charge in [0.25, 0.3) is 0 Å². The van der Waals surface area contributed by atoms with Crippen LogP contribution in [0.5, 0.6) is 0 Å². The SMILES string of the molecule is [2H]C([2H])(CN[C@]([2H])(C)c1cccc2ccccc12)Cc1cccc(C(F)(F)F)c1. The smallest absolute Gasteiger partial charge is 0.310 e. The van der Waals surface area contributed by atoms with Gasteiger partial charge in [-0.25, -0.2) is 0 Å². The third-order valence-electron chi connectivity index (χ3n) is 4.26. The zero-order valence-corrected chi connectivity index (χ0v) is 14.4. The standard InChI is InChI=1S/C22H22F3N/c1-16(20-13-5-10-18-9-2-3-12-21(18)20)26-14-6-8-17-7-4-11-19(15-17)22(23,24)25/h2-5,7,9-13,15-16,26H,6,8,14H2,1H3/t16-/m1/s1/i6D2,16D. The molecule has 3 rings (SSSR count). The molecule has 1 atom stereocenters. The van der Waals surface area contributed by atoms with E-state index in [1.807, 2.05) is 42.5 Å². The molecule has 26 heavy (non-hydrogen) atoms. The average Bonchev–Trinajstić information content (AvgIpc) is 2.65. The van der Waals surface area contributed by atoms with Crippen LogP contribution in [0, 0.1) is 0 Å². The molecular formula is C22H22F3N. The van der Waals surface area contributed by atoms with Gasteiger partial charge in [-0.2, -0.15) is 13.2 Å². The maximum Gasteiger partial charge on any atom is 0.416 e. The molecule has 0 saturated heterocycles. The van der Waals surface area contributed by atoms with Crippen molar-refractivity contribution < 1.29 is 17.3 Å². The first-order valence-electron chi connectivity index (χ1n) is 9.87. The molecule has 1 N–H and O–H groups in total. The Hall–Kier alpha value is -2.33. The Labute approximate surface area is 156 Å². The first kappa shape index (κ1) is 14.8. The van der Waals surface area contributed by atoms with Crippen LogP contribution in [0.25, 0.3) is 10.8 Å². The van der Waals surface area contributed by atoms with Gasteiger partial charge in [-0.15, -0.1) is 0 Å². The number of fused-ring (bicyclic) bond motifs is 1. The van der Waals surface area contributed by atoms with Crippen LogP contribution in [-0.4, -0.2) is 6.54 Å². The molecule has 0 aromatic heterocycles. The maximum absolute atomic E-state index is 12.9. The molecule has 3 aromatic rings. The van der Waals surface area contributed by atoms with Crippen molar-refractivity contribution in [2.24, 2.45) is 0 Å². The fraction of sp³-hybridized carbons (Fsp3) is 0.273. The van der Waals surface area contributed by atoms with Crippen LogP contribution in [0.15, 0.2) is 66.7 Å². The lowest BCUT2D eigenvalue weighted by molar-refractivity contribution is -0.137. The highest BCUT2D eigenvalue weighted by atomic mass is 19.4. The van der Waals surface area contributed by atoms with Gasteiger partial charge in [-0.05, 0) is 54.2 Å². The van der Waals surface area contributed by atoms with Crippen LogP contribution in [0.2, 0.25) is 0 Å². The molecule has 0 spiro atoms. The Morgan fingerprint density at radius 3 is 2.58 bits per heavy atom. The van der Waals surface area contributed by atoms with E-state index < -0.39 is 24.1 Å². The first-order chi connectivity index (χ1) is 13.5. The number of alkyl halides is 3. The Morgan fingerprint density at radius 2 is 1.77 bits per heavy atom. The first-order valence-corrected chi connectivity index (χ1v) is 8.37. The summed E-state index contributed by atoms with van der Waals surface area (Å²) in [6.07, 6.45) is -6.47. The van der Waals surface area contributed by atoms with Crippen molar-refractivity contribution in [1.82, 2.24) is 5.32 Å². The molecule has 1 nitrogen and oxygen atoms in total. The average molecular weight is 360 g/mol. The zero-order chi connectivity index (χ0) is 21.3. The lowest BCUT2D eigenvalue weighted by atomic mass is 9.99. The normalized spacial score (nSPS) is 16.5. The summed E-state index contributed by atoms with van der Waals surface area (Å²) in [6, 6.07) is 16.7. The van der Waals surface area contributed by atoms with Crippen molar-refractivity contribution >= 4 is 10.8 Å². The number of benzene rings is 3. The minimum Gasteiger partial charge on any atom is -0.310 e. The summed E-state index contributed by atoms with van der Waals surface area (Å²) in [5.41, 5.74) is 0.189. The molecule has 0 aliphatic carbocycles. The summed E-state index contributed by atoms with van der Waals surface area (Å²) in [5.74, 6) is 0. The van der Waals surface area contributed by atoms with Crippen LogP contribution >= 0.6 is 0 Å². The van der Waals surface area contributed by atoms with Gasteiger partial charge in [-0.1, -0.05) is 60.7 Å². The van der Waals surface area contributed by atoms with E-state index in [0.29, 0.717) is 5.56 Å². The van der Waals surface area contributed by atoms with Crippen LogP contribution in [0.4, 0.5) is 13.2 Å². The molecular weight excluding hydrogens is 335 g/mol. The highest BCUT2D eigenvalue weighted by Crippen LogP contribution is 2.29. The number of halogens is 3. The Kier molecular flexibility index (Phi) is 4.51. The molecule has 136 valence electrons. The van der Waals surface area contributed by atoms with Crippen LogP contribution in [0.3, 0.4) is 0 Å². The second-order valence-electron chi connectivity index (χ2n) is 6.13. The van der Waals surface area contributed by atoms with Gasteiger partial charge in [0.2, 0.25) is 0 Å². The summed E-state index contributed by atoms with van der Waals surface area (Å²) in [7, 11) is 0. The number of nitrogens with one attached hydrogen (secondary N) is 1. The monoisotopic (exact) mass is 360 g/mol. The van der Waals surface area contributed by atoms with E-state index in [1.165, 1.54) is 12.1 Å². The quantitative estimate of drug-likeness (QED) is 0.556. The van der Waals surface area contributed by atoms with Crippen LogP contribution < -0.4 is 5.32 Å². The van der Waals surface area contributed by atoms with Crippen molar-refractivity contribution in [3.63, 3.8) is 0 Å². The second-order valence-corrected chi connectivity index (χ2v) is 6.13. The summed E-state index contributed by atoms with van der Waals surface area (Å²) in [4.78, 5) is 0. The van der Waals surface area contributed by atoms with Gasteiger partial charge < -0.3 is 5.32 Å². The topological polar surface area (TPSA) is 12.0 Å². The van der Waals surface area contributed by atoms with Crippen molar-refractivity contribution in [2.75, 3.05) is 6.54 Å². The van der Waals surface area contributed by atoms with E-state index in [-0.39, 0.29) is 18.5 Å². The highest BCUT2D eigenvalue weighted by Gasteiger charge is 2.30. The highest BCUT2D eigenvalue weighted by molar-refractivity contribution is 5.86. The lowest BCUT2D eigenvalue weighted by Crippen LogP contribution is -2.20. The molecule has 0 unspecified atom stereocenters. The summed E-state index contributed by atoms with van der Waals surface area (Å²) in [6.45, 7) is 1.47. The van der Waals surface area contributed by atoms with E-state index in [9.17, 15) is 13.2 Å². The number of rotatable bonds is 6. The largest absolute Gasteiger partial charge is 0.416 e. The van der Waals surface area contributed by atoms with E-state index in [0.717, 1.165) is 22.9 Å². The molecule has 0 saturated carbocycles. The molecule has 0 aliphatic rings. The second kappa shape index (κ2) is 7.92. The van der Waals surface area contributed by atoms with Gasteiger partial charge in [0.05, 0.1) is 6.93 Å². The van der Waals surface area contributed by atoms with Gasteiger partial charge in [0.1, 0.15) is 0 Å². The lowest BCUT2D eigenvalue weighted by Gasteiger charge is -2.17. The summed E-state index contributed by atoms with van der Waals surface area (Å²) < 4.78 is 63.8. The summed E-state index contributed by atoms with van der Waals surface area (Å²) >= 11 is 0. The van der Waals surface area contributed by atoms with Gasteiger partial charge in [-0.3, -0.25) is 0 Å². The van der Waals surface area contributed by atoms with Crippen molar-refractivity contribution in [2.45, 2.75) is 31.9 Å². The number of hydrogen-bond donors (Lipinski definition) is 1. The number of aryl methyl sites for hydroxylation is 1. The third-order valence-corrected chi connectivity index (χ3v) is 4.26. The predicted molar refractivity (Wildman–Crippen MR) is 100 cm³/mol. The zero-order valence-electron chi connectivity index (χ0n) is 17.4. The van der Waals surface area contributed by atoms with Gasteiger partial charge >= 0.3 is 6.18 Å². The molecule has 0 bridgehead atoms. The molecule has 0 heterocycles. The van der Waals surface area contributed by atoms with E-state index in [4.69, 9.17) is 4.11 Å². The van der Waals surface area contributed by atoms with Crippen LogP contribution in [0.1, 0.15) is 40.1 Å². The predicted octanol–water partition coefficient (Wildman–Crippen LogP) is 6.14. The Bertz CT molecular complexity index is 995. The van der Waals surface area contributed by atoms with Crippen LogP contribution in [-0.2, 0) is 12.6 Å². The Balaban J connectivity index is 1.75. The van der Waals surface area contributed by atoms with Gasteiger partial charge in [0.15, 0.2) is 0 Å². The van der Waals surface area contributed by atoms with Crippen molar-refractivity contribution in [1.29, 1.82) is 0 Å². The molecule has 0 amide bonds. The minimum absolute atomic E-state index is 0.174. The Morgan fingerprint density at radius 1 is 1.04 bits per heavy atom. The van der Waals surface area contributed by atoms with E-state index >= 15 is 0 Å². The molecule has 0 radical (unpaired) electrons. The van der Waals surface area contributed by atoms with Gasteiger partial charge in [0, 0.05) is 8.76 Å². The van der Waals surface area contributed by atoms with E-state index in [2.05, 4.69) is 5.32 Å². The molecule has 4 heteroatoms. The van der Waals surface area contributed by atoms with Crippen molar-refractivity contribution in [3.8, 4) is 0 Å². The minimum atomic E-state index is -4.46. The maximum atomic E-state index is 12.9. The molecule has 0 aliphatic heterocycles.